The van der Waals surface area contributed by atoms with Crippen LogP contribution in [-0.4, -0.2) is 52.9 Å². The topological polar surface area (TPSA) is 79.3 Å². The molecule has 4 rings (SSSR count). The summed E-state index contributed by atoms with van der Waals surface area (Å²) < 4.78 is 43.9. The summed E-state index contributed by atoms with van der Waals surface area (Å²) in [6, 6.07) is 0.549. The Hall–Kier alpha value is -2.88. The van der Waals surface area contributed by atoms with Crippen molar-refractivity contribution in [2.24, 2.45) is 5.92 Å². The van der Waals surface area contributed by atoms with E-state index in [0.717, 1.165) is 44.7 Å². The van der Waals surface area contributed by atoms with Crippen LogP contribution in [0.1, 0.15) is 54.7 Å². The van der Waals surface area contributed by atoms with Crippen LogP contribution in [-0.2, 0) is 17.9 Å². The number of hydrogen-bond acceptors (Lipinski definition) is 4. The number of likely N-dealkylation sites (N-methyl/N-ethyl adjacent to an activating group) is 1. The van der Waals surface area contributed by atoms with E-state index < -0.39 is 29.4 Å². The molecule has 7 nitrogen and oxygen atoms in total. The number of halogens is 3. The van der Waals surface area contributed by atoms with Gasteiger partial charge in [-0.3, -0.25) is 9.59 Å². The highest BCUT2D eigenvalue weighted by Crippen LogP contribution is 2.30. The Bertz CT molecular complexity index is 1080. The Kier molecular flexibility index (Phi) is 7.25. The SMILES string of the molecule is CNC(=O)[C@@H](NC(=O)c1nc(-c2cc(F)c(F)cc2F)n2c1CN(C)CCC2)C1CCCCC1. The summed E-state index contributed by atoms with van der Waals surface area (Å²) in [5.74, 6) is -4.15. The van der Waals surface area contributed by atoms with Gasteiger partial charge in [0.15, 0.2) is 17.3 Å². The number of carbonyl (C=O) groups is 2. The van der Waals surface area contributed by atoms with Gasteiger partial charge in [-0.15, -0.1) is 0 Å². The molecule has 184 valence electrons. The molecule has 1 saturated carbocycles. The second-order valence-corrected chi connectivity index (χ2v) is 9.18. The molecule has 2 aliphatic rings. The van der Waals surface area contributed by atoms with E-state index in [-0.39, 0.29) is 28.9 Å². The predicted octanol–water partition coefficient (Wildman–Crippen LogP) is 3.23. The number of amides is 2. The summed E-state index contributed by atoms with van der Waals surface area (Å²) >= 11 is 0. The summed E-state index contributed by atoms with van der Waals surface area (Å²) in [6.07, 6.45) is 5.50. The second-order valence-electron chi connectivity index (χ2n) is 9.18. The molecule has 10 heteroatoms. The Morgan fingerprint density at radius 1 is 1.03 bits per heavy atom. The molecule has 0 unspecified atom stereocenters. The van der Waals surface area contributed by atoms with Crippen LogP contribution in [0.5, 0.6) is 0 Å². The van der Waals surface area contributed by atoms with Crippen molar-refractivity contribution in [1.29, 1.82) is 0 Å². The summed E-state index contributed by atoms with van der Waals surface area (Å²) in [6.45, 7) is 1.55. The summed E-state index contributed by atoms with van der Waals surface area (Å²) in [5, 5.41) is 5.50. The molecule has 2 heterocycles. The van der Waals surface area contributed by atoms with E-state index in [1.54, 1.807) is 4.57 Å². The van der Waals surface area contributed by atoms with Gasteiger partial charge in [-0.25, -0.2) is 18.2 Å². The van der Waals surface area contributed by atoms with Gasteiger partial charge in [-0.1, -0.05) is 19.3 Å². The van der Waals surface area contributed by atoms with E-state index in [1.165, 1.54) is 7.05 Å². The van der Waals surface area contributed by atoms with Gasteiger partial charge < -0.3 is 20.1 Å². The third kappa shape index (κ3) is 4.82. The highest BCUT2D eigenvalue weighted by atomic mass is 19.2. The van der Waals surface area contributed by atoms with Crippen LogP contribution in [0.2, 0.25) is 0 Å². The third-order valence-corrected chi connectivity index (χ3v) is 6.82. The number of carbonyl (C=O) groups excluding carboxylic acids is 2. The first-order valence-corrected chi connectivity index (χ1v) is 11.8. The van der Waals surface area contributed by atoms with Crippen molar-refractivity contribution in [3.05, 3.63) is 41.0 Å². The lowest BCUT2D eigenvalue weighted by Crippen LogP contribution is -2.50. The fourth-order valence-corrected chi connectivity index (χ4v) is 5.03. The largest absolute Gasteiger partial charge is 0.357 e. The summed E-state index contributed by atoms with van der Waals surface area (Å²) in [5.41, 5.74) is 0.410. The average molecular weight is 478 g/mol. The first kappa shape index (κ1) is 24.3. The van der Waals surface area contributed by atoms with Crippen LogP contribution in [0.4, 0.5) is 13.2 Å². The molecule has 1 aliphatic heterocycles. The number of imidazole rings is 1. The normalized spacial score (nSPS) is 18.1. The Labute approximate surface area is 196 Å². The van der Waals surface area contributed by atoms with Gasteiger partial charge in [0.05, 0.1) is 11.3 Å². The van der Waals surface area contributed by atoms with Crippen molar-refractivity contribution in [3.63, 3.8) is 0 Å². The van der Waals surface area contributed by atoms with Gasteiger partial charge in [0.1, 0.15) is 17.7 Å². The van der Waals surface area contributed by atoms with Crippen molar-refractivity contribution < 1.29 is 22.8 Å². The molecular weight excluding hydrogens is 447 g/mol. The van der Waals surface area contributed by atoms with E-state index in [1.807, 2.05) is 11.9 Å². The van der Waals surface area contributed by atoms with E-state index >= 15 is 0 Å². The Morgan fingerprint density at radius 3 is 2.44 bits per heavy atom. The third-order valence-electron chi connectivity index (χ3n) is 6.82. The zero-order valence-corrected chi connectivity index (χ0v) is 19.5. The first-order chi connectivity index (χ1) is 16.3. The van der Waals surface area contributed by atoms with Gasteiger partial charge in [-0.05, 0) is 44.8 Å². The van der Waals surface area contributed by atoms with Crippen LogP contribution >= 0.6 is 0 Å². The number of nitrogens with one attached hydrogen (secondary N) is 2. The highest BCUT2D eigenvalue weighted by Gasteiger charge is 2.33. The van der Waals surface area contributed by atoms with Gasteiger partial charge in [0.2, 0.25) is 5.91 Å². The lowest BCUT2D eigenvalue weighted by molar-refractivity contribution is -0.124. The molecule has 1 aromatic heterocycles. The van der Waals surface area contributed by atoms with Gasteiger partial charge >= 0.3 is 0 Å². The number of hydrogen-bond donors (Lipinski definition) is 2. The second kappa shape index (κ2) is 10.2. The fraction of sp³-hybridized carbons (Fsp3) is 0.542. The van der Waals surface area contributed by atoms with Crippen LogP contribution in [0.25, 0.3) is 11.4 Å². The molecule has 2 N–H and O–H groups in total. The van der Waals surface area contributed by atoms with Crippen LogP contribution in [0.15, 0.2) is 12.1 Å². The van der Waals surface area contributed by atoms with Crippen molar-refractivity contribution in [2.75, 3.05) is 20.6 Å². The van der Waals surface area contributed by atoms with Crippen molar-refractivity contribution >= 4 is 11.8 Å². The number of rotatable bonds is 5. The molecular formula is C24H30F3N5O2. The fourth-order valence-electron chi connectivity index (χ4n) is 5.03. The molecule has 0 bridgehead atoms. The van der Waals surface area contributed by atoms with E-state index in [4.69, 9.17) is 0 Å². The van der Waals surface area contributed by atoms with Crippen molar-refractivity contribution in [3.8, 4) is 11.4 Å². The number of aromatic nitrogens is 2. The number of fused-ring (bicyclic) bond motifs is 1. The monoisotopic (exact) mass is 477 g/mol. The van der Waals surface area contributed by atoms with Gasteiger partial charge in [0, 0.05) is 26.2 Å². The Morgan fingerprint density at radius 2 is 1.74 bits per heavy atom. The minimum Gasteiger partial charge on any atom is -0.357 e. The zero-order valence-electron chi connectivity index (χ0n) is 19.5. The molecule has 1 atom stereocenters. The molecule has 1 aliphatic carbocycles. The van der Waals surface area contributed by atoms with E-state index in [2.05, 4.69) is 15.6 Å². The highest BCUT2D eigenvalue weighted by molar-refractivity contribution is 5.97. The molecule has 0 saturated heterocycles. The maximum Gasteiger partial charge on any atom is 0.272 e. The average Bonchev–Trinajstić information content (AvgIpc) is 3.05. The van der Waals surface area contributed by atoms with Crippen molar-refractivity contribution in [2.45, 2.75) is 57.7 Å². The van der Waals surface area contributed by atoms with E-state index in [0.29, 0.717) is 31.3 Å². The maximum absolute atomic E-state index is 14.7. The molecule has 34 heavy (non-hydrogen) atoms. The number of benzene rings is 1. The van der Waals surface area contributed by atoms with Crippen LogP contribution < -0.4 is 10.6 Å². The lowest BCUT2D eigenvalue weighted by atomic mass is 9.83. The minimum atomic E-state index is -1.29. The zero-order chi connectivity index (χ0) is 24.4. The van der Waals surface area contributed by atoms with E-state index in [9.17, 15) is 22.8 Å². The molecule has 2 aromatic rings. The van der Waals surface area contributed by atoms with Crippen LogP contribution in [0, 0.1) is 23.4 Å². The van der Waals surface area contributed by atoms with Gasteiger partial charge in [-0.2, -0.15) is 0 Å². The molecule has 0 spiro atoms. The standard InChI is InChI=1S/C24H30F3N5O2/c1-28-23(33)20(14-7-4-3-5-8-14)30-24(34)21-19-13-31(2)9-6-10-32(19)22(29-21)15-11-17(26)18(27)12-16(15)25/h11-12,14,20H,3-10,13H2,1-2H3,(H,28,33)(H,30,34)/t20-/m0/s1. The first-order valence-electron chi connectivity index (χ1n) is 11.8. The minimum absolute atomic E-state index is 0.0182. The quantitative estimate of drug-likeness (QED) is 0.649. The smallest absolute Gasteiger partial charge is 0.272 e. The predicted molar refractivity (Wildman–Crippen MR) is 120 cm³/mol. The van der Waals surface area contributed by atoms with Crippen molar-refractivity contribution in [1.82, 2.24) is 25.1 Å². The molecule has 1 fully saturated rings. The maximum atomic E-state index is 14.7. The van der Waals surface area contributed by atoms with Gasteiger partial charge in [0.25, 0.3) is 5.91 Å². The summed E-state index contributed by atoms with van der Waals surface area (Å²) in [4.78, 5) is 32.5. The molecule has 0 radical (unpaired) electrons. The lowest BCUT2D eigenvalue weighted by Gasteiger charge is -2.29. The Balaban J connectivity index is 1.74. The van der Waals surface area contributed by atoms with Crippen LogP contribution in [0.3, 0.4) is 0 Å². The molecule has 1 aromatic carbocycles. The molecule has 2 amide bonds. The number of nitrogens with zero attached hydrogens (tertiary/aromatic N) is 3. The summed E-state index contributed by atoms with van der Waals surface area (Å²) in [7, 11) is 3.43.